The second-order valence-corrected chi connectivity index (χ2v) is 7.17. The minimum atomic E-state index is -0.667. The minimum Gasteiger partial charge on any atom is -0.482 e. The van der Waals surface area contributed by atoms with Crippen molar-refractivity contribution in [1.29, 1.82) is 5.26 Å². The van der Waals surface area contributed by atoms with Crippen molar-refractivity contribution in [1.82, 2.24) is 20.6 Å². The number of carbonyl (C=O) groups is 2. The molecule has 0 unspecified atom stereocenters. The van der Waals surface area contributed by atoms with E-state index in [0.717, 1.165) is 0 Å². The van der Waals surface area contributed by atoms with Crippen LogP contribution in [0.1, 0.15) is 29.9 Å². The molecule has 0 fully saturated rings. The average Bonchev–Trinajstić information content (AvgIpc) is 2.77. The Kier molecular flexibility index (Phi) is 6.62. The zero-order chi connectivity index (χ0) is 22.4. The number of hydrogen-bond acceptors (Lipinski definition) is 6. The Morgan fingerprint density at radius 1 is 1.10 bits per heavy atom. The summed E-state index contributed by atoms with van der Waals surface area (Å²) in [5, 5.41) is 14.0. The average molecular weight is 419 g/mol. The fourth-order valence-corrected chi connectivity index (χ4v) is 2.92. The number of aromatic nitrogens is 2. The molecule has 0 saturated carbocycles. The lowest BCUT2D eigenvalue weighted by molar-refractivity contribution is -0.123. The van der Waals surface area contributed by atoms with E-state index in [0.29, 0.717) is 22.9 Å². The molecule has 0 saturated heterocycles. The topological polar surface area (TPSA) is 126 Å². The molecule has 1 aromatic heterocycles. The predicted molar refractivity (Wildman–Crippen MR) is 113 cm³/mol. The van der Waals surface area contributed by atoms with E-state index >= 15 is 0 Å². The molecular formula is C22H21N5O4. The molecule has 31 heavy (non-hydrogen) atoms. The molecule has 0 atom stereocenters. The lowest BCUT2D eigenvalue weighted by Gasteiger charge is -2.13. The number of rotatable bonds is 6. The van der Waals surface area contributed by atoms with E-state index < -0.39 is 18.4 Å². The van der Waals surface area contributed by atoms with Gasteiger partial charge in [0.15, 0.2) is 12.3 Å². The molecule has 0 spiro atoms. The zero-order valence-electron chi connectivity index (χ0n) is 17.1. The molecule has 3 rings (SSSR count). The lowest BCUT2D eigenvalue weighted by Crippen LogP contribution is -2.44. The second-order valence-electron chi connectivity index (χ2n) is 7.17. The van der Waals surface area contributed by atoms with Crippen molar-refractivity contribution in [3.8, 4) is 11.8 Å². The summed E-state index contributed by atoms with van der Waals surface area (Å²) >= 11 is 0. The molecule has 2 aromatic carbocycles. The molecule has 1 heterocycles. The van der Waals surface area contributed by atoms with Gasteiger partial charge in [0, 0.05) is 11.9 Å². The summed E-state index contributed by atoms with van der Waals surface area (Å²) in [4.78, 5) is 37.4. The van der Waals surface area contributed by atoms with Crippen molar-refractivity contribution >= 4 is 22.6 Å². The number of benzene rings is 2. The van der Waals surface area contributed by atoms with Gasteiger partial charge < -0.3 is 4.74 Å². The normalized spacial score (nSPS) is 10.5. The molecule has 9 heteroatoms. The summed E-state index contributed by atoms with van der Waals surface area (Å²) in [6.45, 7) is 3.82. The summed E-state index contributed by atoms with van der Waals surface area (Å²) in [5.74, 6) is -0.879. The Morgan fingerprint density at radius 2 is 1.77 bits per heavy atom. The van der Waals surface area contributed by atoms with Crippen LogP contribution >= 0.6 is 0 Å². The van der Waals surface area contributed by atoms with Crippen molar-refractivity contribution in [2.24, 2.45) is 5.92 Å². The summed E-state index contributed by atoms with van der Waals surface area (Å²) in [6, 6.07) is 15.1. The third-order valence-corrected chi connectivity index (χ3v) is 4.30. The van der Waals surface area contributed by atoms with Gasteiger partial charge in [0.2, 0.25) is 0 Å². The standard InChI is InChI=1S/C22H21N5O4/c1-14(2)12-27-22(30)17-9-5-4-8-16(17)20(26-27)21(29)25-24-19(28)13-31-18-10-6-3-7-15(18)11-23/h3-10,14H,12-13H2,1-2H3,(H,24,28)(H,25,29). The Balaban J connectivity index is 1.73. The van der Waals surface area contributed by atoms with Gasteiger partial charge in [-0.05, 0) is 24.1 Å². The maximum Gasteiger partial charge on any atom is 0.290 e. The van der Waals surface area contributed by atoms with Crippen LogP contribution in [-0.2, 0) is 11.3 Å². The minimum absolute atomic E-state index is 0.0203. The van der Waals surface area contributed by atoms with Crippen LogP contribution in [0, 0.1) is 17.2 Å². The monoisotopic (exact) mass is 419 g/mol. The molecule has 158 valence electrons. The Labute approximate surface area is 178 Å². The fourth-order valence-electron chi connectivity index (χ4n) is 2.92. The highest BCUT2D eigenvalue weighted by molar-refractivity contribution is 6.05. The third-order valence-electron chi connectivity index (χ3n) is 4.30. The van der Waals surface area contributed by atoms with Crippen LogP contribution in [-0.4, -0.2) is 28.2 Å². The highest BCUT2D eigenvalue weighted by Gasteiger charge is 2.18. The molecule has 0 aliphatic carbocycles. The Morgan fingerprint density at radius 3 is 2.48 bits per heavy atom. The van der Waals surface area contributed by atoms with Gasteiger partial charge in [0.05, 0.1) is 10.9 Å². The Bertz CT molecular complexity index is 1230. The van der Waals surface area contributed by atoms with E-state index in [4.69, 9.17) is 10.00 Å². The first-order valence-corrected chi connectivity index (χ1v) is 9.61. The van der Waals surface area contributed by atoms with Crippen LogP contribution < -0.4 is 21.1 Å². The van der Waals surface area contributed by atoms with Crippen molar-refractivity contribution in [3.63, 3.8) is 0 Å². The molecular weight excluding hydrogens is 398 g/mol. The van der Waals surface area contributed by atoms with Gasteiger partial charge in [0.1, 0.15) is 11.8 Å². The lowest BCUT2D eigenvalue weighted by atomic mass is 10.1. The number of para-hydroxylation sites is 1. The van der Waals surface area contributed by atoms with Gasteiger partial charge in [-0.1, -0.05) is 44.2 Å². The Hall–Kier alpha value is -4.19. The molecule has 0 aliphatic heterocycles. The largest absolute Gasteiger partial charge is 0.482 e. The van der Waals surface area contributed by atoms with E-state index in [2.05, 4.69) is 16.0 Å². The van der Waals surface area contributed by atoms with Crippen LogP contribution in [0.4, 0.5) is 0 Å². The molecule has 0 aliphatic rings. The molecule has 0 bridgehead atoms. The molecule has 0 radical (unpaired) electrons. The number of nitrogens with one attached hydrogen (secondary N) is 2. The van der Waals surface area contributed by atoms with Gasteiger partial charge in [0.25, 0.3) is 17.4 Å². The highest BCUT2D eigenvalue weighted by Crippen LogP contribution is 2.16. The molecule has 9 nitrogen and oxygen atoms in total. The van der Waals surface area contributed by atoms with E-state index in [1.54, 1.807) is 48.5 Å². The van der Waals surface area contributed by atoms with Crippen molar-refractivity contribution in [2.45, 2.75) is 20.4 Å². The maximum absolute atomic E-state index is 12.7. The number of hydrogen-bond donors (Lipinski definition) is 2. The first kappa shape index (κ1) is 21.5. The van der Waals surface area contributed by atoms with Gasteiger partial charge in [-0.3, -0.25) is 25.2 Å². The number of nitriles is 1. The van der Waals surface area contributed by atoms with Gasteiger partial charge in [-0.25, -0.2) is 4.68 Å². The van der Waals surface area contributed by atoms with Gasteiger partial charge in [-0.2, -0.15) is 10.4 Å². The van der Waals surface area contributed by atoms with Crippen molar-refractivity contribution < 1.29 is 14.3 Å². The van der Waals surface area contributed by atoms with Gasteiger partial charge >= 0.3 is 0 Å². The zero-order valence-corrected chi connectivity index (χ0v) is 17.1. The highest BCUT2D eigenvalue weighted by atomic mass is 16.5. The van der Waals surface area contributed by atoms with Crippen LogP contribution in [0.15, 0.2) is 53.3 Å². The van der Waals surface area contributed by atoms with E-state index in [9.17, 15) is 14.4 Å². The van der Waals surface area contributed by atoms with Crippen molar-refractivity contribution in [2.75, 3.05) is 6.61 Å². The summed E-state index contributed by atoms with van der Waals surface area (Å²) in [7, 11) is 0. The molecule has 3 aromatic rings. The summed E-state index contributed by atoms with van der Waals surface area (Å²) in [5.41, 5.74) is 4.58. The van der Waals surface area contributed by atoms with Crippen LogP contribution in [0.3, 0.4) is 0 Å². The number of amides is 2. The summed E-state index contributed by atoms with van der Waals surface area (Å²) < 4.78 is 6.59. The first-order chi connectivity index (χ1) is 14.9. The third kappa shape index (κ3) is 5.05. The van der Waals surface area contributed by atoms with Crippen LogP contribution in [0.5, 0.6) is 5.75 Å². The number of hydrazine groups is 1. The van der Waals surface area contributed by atoms with E-state index in [1.807, 2.05) is 19.9 Å². The number of fused-ring (bicyclic) bond motifs is 1. The quantitative estimate of drug-likeness (QED) is 0.587. The fraction of sp³-hybridized carbons (Fsp3) is 0.227. The SMILES string of the molecule is CC(C)Cn1nc(C(=O)NNC(=O)COc2ccccc2C#N)c2ccccc2c1=O. The van der Waals surface area contributed by atoms with Crippen molar-refractivity contribution in [3.05, 3.63) is 70.1 Å². The van der Waals surface area contributed by atoms with E-state index in [-0.39, 0.29) is 22.9 Å². The smallest absolute Gasteiger partial charge is 0.290 e. The summed E-state index contributed by atoms with van der Waals surface area (Å²) in [6.07, 6.45) is 0. The predicted octanol–water partition coefficient (Wildman–Crippen LogP) is 1.76. The van der Waals surface area contributed by atoms with Gasteiger partial charge in [-0.15, -0.1) is 0 Å². The number of carbonyl (C=O) groups excluding carboxylic acids is 2. The number of nitrogens with zero attached hydrogens (tertiary/aromatic N) is 3. The van der Waals surface area contributed by atoms with E-state index in [1.165, 1.54) is 4.68 Å². The maximum atomic E-state index is 12.7. The molecule has 2 amide bonds. The second kappa shape index (κ2) is 9.54. The van der Waals surface area contributed by atoms with Crippen LogP contribution in [0.25, 0.3) is 10.8 Å². The van der Waals surface area contributed by atoms with Crippen LogP contribution in [0.2, 0.25) is 0 Å². The molecule has 2 N–H and O–H groups in total. The first-order valence-electron chi connectivity index (χ1n) is 9.61. The number of ether oxygens (including phenoxy) is 1.